The summed E-state index contributed by atoms with van der Waals surface area (Å²) >= 11 is 3.36. The van der Waals surface area contributed by atoms with Crippen molar-refractivity contribution in [3.8, 4) is 0 Å². The maximum atomic E-state index is 12.3. The number of halogens is 1. The number of aliphatic carboxylic acids is 1. The number of carbonyl (C=O) groups is 2. The number of hydrogen-bond acceptors (Lipinski definition) is 2. The van der Waals surface area contributed by atoms with Gasteiger partial charge in [-0.2, -0.15) is 0 Å². The van der Waals surface area contributed by atoms with Gasteiger partial charge in [0.25, 0.3) is 5.91 Å². The van der Waals surface area contributed by atoms with Crippen LogP contribution in [-0.2, 0) is 11.2 Å². The van der Waals surface area contributed by atoms with Gasteiger partial charge >= 0.3 is 5.97 Å². The number of carbonyl (C=O) groups excluding carboxylic acids is 1. The van der Waals surface area contributed by atoms with Crippen LogP contribution in [0.25, 0.3) is 0 Å². The molecule has 2 N–H and O–H groups in total. The molecule has 0 saturated heterocycles. The van der Waals surface area contributed by atoms with Crippen molar-refractivity contribution >= 4 is 33.5 Å². The van der Waals surface area contributed by atoms with Gasteiger partial charge in [-0.1, -0.05) is 30.3 Å². The van der Waals surface area contributed by atoms with Crippen molar-refractivity contribution in [1.29, 1.82) is 0 Å². The Kier molecular flexibility index (Phi) is 5.72. The molecule has 0 aliphatic rings. The van der Waals surface area contributed by atoms with Crippen LogP contribution in [0.15, 0.2) is 53.0 Å². The SMILES string of the molecule is O=C(O)CCCc1ccccc1NC(=O)c1ccccc1Br. The Labute approximate surface area is 137 Å². The number of carboxylic acid groups (broad SMARTS) is 1. The first-order chi connectivity index (χ1) is 10.6. The Morgan fingerprint density at radius 1 is 1.05 bits per heavy atom. The molecule has 0 atom stereocenters. The van der Waals surface area contributed by atoms with E-state index in [0.717, 1.165) is 10.0 Å². The van der Waals surface area contributed by atoms with Gasteiger partial charge in [0.1, 0.15) is 0 Å². The number of aryl methyl sites for hydroxylation is 1. The van der Waals surface area contributed by atoms with Crippen molar-refractivity contribution in [3.05, 3.63) is 64.1 Å². The van der Waals surface area contributed by atoms with Crippen LogP contribution in [0.4, 0.5) is 5.69 Å². The van der Waals surface area contributed by atoms with Gasteiger partial charge in [0.05, 0.1) is 5.56 Å². The number of benzene rings is 2. The summed E-state index contributed by atoms with van der Waals surface area (Å²) in [7, 11) is 0. The molecule has 114 valence electrons. The molecule has 0 saturated carbocycles. The smallest absolute Gasteiger partial charge is 0.303 e. The van der Waals surface area contributed by atoms with Gasteiger partial charge in [0, 0.05) is 16.6 Å². The molecular weight excluding hydrogens is 346 g/mol. The van der Waals surface area contributed by atoms with Crippen LogP contribution in [0, 0.1) is 0 Å². The summed E-state index contributed by atoms with van der Waals surface area (Å²) in [6, 6.07) is 14.7. The molecule has 0 heterocycles. The predicted octanol–water partition coefficient (Wildman–Crippen LogP) is 4.11. The highest BCUT2D eigenvalue weighted by Crippen LogP contribution is 2.21. The lowest BCUT2D eigenvalue weighted by Gasteiger charge is -2.11. The third kappa shape index (κ3) is 4.43. The molecule has 0 fully saturated rings. The van der Waals surface area contributed by atoms with E-state index in [-0.39, 0.29) is 12.3 Å². The molecular formula is C17H16BrNO3. The average molecular weight is 362 g/mol. The fourth-order valence-corrected chi connectivity index (χ4v) is 2.59. The molecule has 0 radical (unpaired) electrons. The van der Waals surface area contributed by atoms with Crippen LogP contribution < -0.4 is 5.32 Å². The second kappa shape index (κ2) is 7.75. The fourth-order valence-electron chi connectivity index (χ4n) is 2.13. The molecule has 0 bridgehead atoms. The maximum Gasteiger partial charge on any atom is 0.303 e. The highest BCUT2D eigenvalue weighted by molar-refractivity contribution is 9.10. The zero-order chi connectivity index (χ0) is 15.9. The number of amides is 1. The predicted molar refractivity (Wildman–Crippen MR) is 89.1 cm³/mol. The van der Waals surface area contributed by atoms with Crippen LogP contribution in [-0.4, -0.2) is 17.0 Å². The first kappa shape index (κ1) is 16.2. The largest absolute Gasteiger partial charge is 0.481 e. The minimum atomic E-state index is -0.810. The van der Waals surface area contributed by atoms with Crippen molar-refractivity contribution in [3.63, 3.8) is 0 Å². The van der Waals surface area contributed by atoms with E-state index in [2.05, 4.69) is 21.2 Å². The van der Waals surface area contributed by atoms with Gasteiger partial charge in [-0.3, -0.25) is 9.59 Å². The topological polar surface area (TPSA) is 66.4 Å². The maximum absolute atomic E-state index is 12.3. The lowest BCUT2D eigenvalue weighted by Crippen LogP contribution is -2.14. The van der Waals surface area contributed by atoms with Crippen LogP contribution in [0.1, 0.15) is 28.8 Å². The van der Waals surface area contributed by atoms with E-state index in [1.807, 2.05) is 36.4 Å². The molecule has 2 rings (SSSR count). The molecule has 0 aromatic heterocycles. The monoisotopic (exact) mass is 361 g/mol. The number of para-hydroxylation sites is 1. The Bertz CT molecular complexity index is 685. The molecule has 0 aliphatic heterocycles. The summed E-state index contributed by atoms with van der Waals surface area (Å²) in [5.41, 5.74) is 2.21. The van der Waals surface area contributed by atoms with Gasteiger partial charge in [0.2, 0.25) is 0 Å². The second-order valence-electron chi connectivity index (χ2n) is 4.84. The molecule has 22 heavy (non-hydrogen) atoms. The molecule has 4 nitrogen and oxygen atoms in total. The normalized spacial score (nSPS) is 10.2. The Morgan fingerprint density at radius 3 is 2.45 bits per heavy atom. The summed E-state index contributed by atoms with van der Waals surface area (Å²) in [5.74, 6) is -1.01. The minimum absolute atomic E-state index is 0.118. The van der Waals surface area contributed by atoms with Gasteiger partial charge in [-0.15, -0.1) is 0 Å². The molecule has 2 aromatic rings. The summed E-state index contributed by atoms with van der Waals surface area (Å²) in [6.45, 7) is 0. The van der Waals surface area contributed by atoms with Gasteiger partial charge in [-0.05, 0) is 52.5 Å². The molecule has 0 unspecified atom stereocenters. The third-order valence-corrected chi connectivity index (χ3v) is 3.91. The summed E-state index contributed by atoms with van der Waals surface area (Å²) < 4.78 is 0.732. The minimum Gasteiger partial charge on any atom is -0.481 e. The highest BCUT2D eigenvalue weighted by Gasteiger charge is 2.11. The molecule has 0 spiro atoms. The van der Waals surface area contributed by atoms with Crippen molar-refractivity contribution in [2.45, 2.75) is 19.3 Å². The van der Waals surface area contributed by atoms with Crippen molar-refractivity contribution in [2.75, 3.05) is 5.32 Å². The number of anilines is 1. The number of carboxylic acids is 1. The second-order valence-corrected chi connectivity index (χ2v) is 5.69. The van der Waals surface area contributed by atoms with Gasteiger partial charge in [0.15, 0.2) is 0 Å². The number of hydrogen-bond donors (Lipinski definition) is 2. The van der Waals surface area contributed by atoms with Crippen LogP contribution in [0.2, 0.25) is 0 Å². The number of rotatable bonds is 6. The van der Waals surface area contributed by atoms with Gasteiger partial charge in [-0.25, -0.2) is 0 Å². The van der Waals surface area contributed by atoms with E-state index in [4.69, 9.17) is 5.11 Å². The summed E-state index contributed by atoms with van der Waals surface area (Å²) in [5, 5.41) is 11.6. The summed E-state index contributed by atoms with van der Waals surface area (Å²) in [6.07, 6.45) is 1.27. The van der Waals surface area contributed by atoms with Crippen LogP contribution in [0.3, 0.4) is 0 Å². The van der Waals surface area contributed by atoms with Crippen molar-refractivity contribution < 1.29 is 14.7 Å². The Balaban J connectivity index is 2.11. The van der Waals surface area contributed by atoms with E-state index in [9.17, 15) is 9.59 Å². The van der Waals surface area contributed by atoms with Crippen LogP contribution >= 0.6 is 15.9 Å². The van der Waals surface area contributed by atoms with E-state index >= 15 is 0 Å². The standard InChI is InChI=1S/C17H16BrNO3/c18-14-9-3-2-8-13(14)17(22)19-15-10-4-1-6-12(15)7-5-11-16(20)21/h1-4,6,8-10H,5,7,11H2,(H,19,22)(H,20,21). The zero-order valence-electron chi connectivity index (χ0n) is 11.9. The average Bonchev–Trinajstić information content (AvgIpc) is 2.49. The lowest BCUT2D eigenvalue weighted by molar-refractivity contribution is -0.137. The first-order valence-corrected chi connectivity index (χ1v) is 7.73. The van der Waals surface area contributed by atoms with Crippen molar-refractivity contribution in [1.82, 2.24) is 0 Å². The van der Waals surface area contributed by atoms with E-state index in [1.165, 1.54) is 0 Å². The highest BCUT2D eigenvalue weighted by atomic mass is 79.9. The zero-order valence-corrected chi connectivity index (χ0v) is 13.5. The molecule has 0 aliphatic carbocycles. The van der Waals surface area contributed by atoms with E-state index in [0.29, 0.717) is 24.1 Å². The van der Waals surface area contributed by atoms with Crippen molar-refractivity contribution in [2.24, 2.45) is 0 Å². The molecule has 2 aromatic carbocycles. The first-order valence-electron chi connectivity index (χ1n) is 6.93. The van der Waals surface area contributed by atoms with Crippen LogP contribution in [0.5, 0.6) is 0 Å². The lowest BCUT2D eigenvalue weighted by atomic mass is 10.1. The Morgan fingerprint density at radius 2 is 1.73 bits per heavy atom. The fraction of sp³-hybridized carbons (Fsp3) is 0.176. The summed E-state index contributed by atoms with van der Waals surface area (Å²) in [4.78, 5) is 22.9. The van der Waals surface area contributed by atoms with E-state index < -0.39 is 5.97 Å². The van der Waals surface area contributed by atoms with Gasteiger partial charge < -0.3 is 10.4 Å². The Hall–Kier alpha value is -2.14. The third-order valence-electron chi connectivity index (χ3n) is 3.22. The quantitative estimate of drug-likeness (QED) is 0.813. The van der Waals surface area contributed by atoms with E-state index in [1.54, 1.807) is 12.1 Å². The molecule has 5 heteroatoms. The number of nitrogens with one attached hydrogen (secondary N) is 1. The molecule has 1 amide bonds.